The van der Waals surface area contributed by atoms with Gasteiger partial charge >= 0.3 is 0 Å². The molecule has 1 saturated heterocycles. The Balaban J connectivity index is 1.43. The number of rotatable bonds is 6. The van der Waals surface area contributed by atoms with Gasteiger partial charge in [-0.05, 0) is 32.4 Å². The molecule has 7 heteroatoms. The second kappa shape index (κ2) is 8.22. The third-order valence-electron chi connectivity index (χ3n) is 4.12. The molecule has 0 bridgehead atoms. The van der Waals surface area contributed by atoms with Gasteiger partial charge in [-0.3, -0.25) is 14.7 Å². The van der Waals surface area contributed by atoms with Crippen LogP contribution in [0.15, 0.2) is 35.1 Å². The number of ether oxygens (including phenoxy) is 1. The highest BCUT2D eigenvalue weighted by Crippen LogP contribution is 2.18. The van der Waals surface area contributed by atoms with Crippen molar-refractivity contribution in [3.63, 3.8) is 0 Å². The molecule has 0 aliphatic carbocycles. The summed E-state index contributed by atoms with van der Waals surface area (Å²) < 4.78 is 10.9. The molecule has 2 aromatic heterocycles. The van der Waals surface area contributed by atoms with Crippen molar-refractivity contribution >= 4 is 5.91 Å². The van der Waals surface area contributed by atoms with Crippen molar-refractivity contribution in [3.05, 3.63) is 36.3 Å². The van der Waals surface area contributed by atoms with Gasteiger partial charge in [0, 0.05) is 50.2 Å². The van der Waals surface area contributed by atoms with Crippen LogP contribution in [0.1, 0.15) is 30.8 Å². The lowest BCUT2D eigenvalue weighted by molar-refractivity contribution is -0.0680. The molecule has 0 aromatic carbocycles. The average molecular weight is 344 g/mol. The van der Waals surface area contributed by atoms with Crippen LogP contribution in [-0.2, 0) is 4.74 Å². The third kappa shape index (κ3) is 4.87. The second-order valence-corrected chi connectivity index (χ2v) is 6.44. The minimum Gasteiger partial charge on any atom is -0.373 e. The maximum Gasteiger partial charge on any atom is 0.273 e. The van der Waals surface area contributed by atoms with Crippen molar-refractivity contribution in [3.8, 4) is 11.3 Å². The van der Waals surface area contributed by atoms with E-state index in [9.17, 15) is 4.79 Å². The first-order chi connectivity index (χ1) is 12.1. The molecular formula is C18H24N4O3. The van der Waals surface area contributed by atoms with Crippen LogP contribution in [-0.4, -0.2) is 59.3 Å². The number of hydrogen-bond donors (Lipinski definition) is 1. The molecule has 0 radical (unpaired) electrons. The van der Waals surface area contributed by atoms with E-state index >= 15 is 0 Å². The van der Waals surface area contributed by atoms with E-state index in [1.54, 1.807) is 18.5 Å². The number of aromatic nitrogens is 2. The topological polar surface area (TPSA) is 80.5 Å². The highest BCUT2D eigenvalue weighted by molar-refractivity contribution is 5.93. The lowest BCUT2D eigenvalue weighted by Gasteiger charge is -2.35. The van der Waals surface area contributed by atoms with Crippen molar-refractivity contribution in [1.82, 2.24) is 20.4 Å². The lowest BCUT2D eigenvalue weighted by Crippen LogP contribution is -2.46. The van der Waals surface area contributed by atoms with Crippen LogP contribution in [0.25, 0.3) is 11.3 Å². The maximum atomic E-state index is 12.2. The fraction of sp³-hybridized carbons (Fsp3) is 0.500. The molecule has 2 unspecified atom stereocenters. The minimum absolute atomic E-state index is 0.220. The second-order valence-electron chi connectivity index (χ2n) is 6.44. The zero-order chi connectivity index (χ0) is 17.6. The summed E-state index contributed by atoms with van der Waals surface area (Å²) in [6.07, 6.45) is 4.77. The molecular weight excluding hydrogens is 320 g/mol. The van der Waals surface area contributed by atoms with Crippen LogP contribution >= 0.6 is 0 Å². The van der Waals surface area contributed by atoms with Crippen molar-refractivity contribution < 1.29 is 14.1 Å². The van der Waals surface area contributed by atoms with E-state index in [0.717, 1.165) is 31.6 Å². The first-order valence-electron chi connectivity index (χ1n) is 8.65. The number of carbonyl (C=O) groups excluding carboxylic acids is 1. The summed E-state index contributed by atoms with van der Waals surface area (Å²) in [6.45, 7) is 7.61. The number of nitrogens with zero attached hydrogens (tertiary/aromatic N) is 3. The van der Waals surface area contributed by atoms with E-state index in [0.29, 0.717) is 12.3 Å². The zero-order valence-electron chi connectivity index (χ0n) is 14.6. The van der Waals surface area contributed by atoms with Crippen molar-refractivity contribution in [2.24, 2.45) is 0 Å². The summed E-state index contributed by atoms with van der Waals surface area (Å²) in [6, 6.07) is 5.31. The van der Waals surface area contributed by atoms with Crippen LogP contribution < -0.4 is 5.32 Å². The lowest BCUT2D eigenvalue weighted by atomic mass is 10.2. The predicted octanol–water partition coefficient (Wildman–Crippen LogP) is 1.97. The summed E-state index contributed by atoms with van der Waals surface area (Å²) in [5, 5.41) is 6.73. The van der Waals surface area contributed by atoms with E-state index in [2.05, 4.69) is 34.2 Å². The SMILES string of the molecule is CC1CN(CCCNC(=O)c2cc(-c3cccnc3)on2)CC(C)O1. The number of nitrogens with one attached hydrogen (secondary N) is 1. The molecule has 134 valence electrons. The average Bonchev–Trinajstić information content (AvgIpc) is 3.09. The Morgan fingerprint density at radius 3 is 2.88 bits per heavy atom. The van der Waals surface area contributed by atoms with Crippen LogP contribution in [0.3, 0.4) is 0 Å². The smallest absolute Gasteiger partial charge is 0.273 e. The molecule has 25 heavy (non-hydrogen) atoms. The Labute approximate surface area is 147 Å². The Bertz CT molecular complexity index is 679. The van der Waals surface area contributed by atoms with Crippen LogP contribution in [0.4, 0.5) is 0 Å². The summed E-state index contributed by atoms with van der Waals surface area (Å²) >= 11 is 0. The van der Waals surface area contributed by atoms with Crippen LogP contribution in [0, 0.1) is 0 Å². The summed E-state index contributed by atoms with van der Waals surface area (Å²) in [5.41, 5.74) is 1.08. The van der Waals surface area contributed by atoms with Crippen molar-refractivity contribution in [2.45, 2.75) is 32.5 Å². The Kier molecular flexibility index (Phi) is 5.78. The standard InChI is InChI=1S/C18H24N4O3/c1-13-11-22(12-14(2)24-13)8-4-7-20-18(23)16-9-17(25-21-16)15-5-3-6-19-10-15/h3,5-6,9-10,13-14H,4,7-8,11-12H2,1-2H3,(H,20,23). The Hall–Kier alpha value is -2.25. The molecule has 2 aromatic rings. The van der Waals surface area contributed by atoms with Gasteiger partial charge in [0.15, 0.2) is 11.5 Å². The van der Waals surface area contributed by atoms with Crippen molar-refractivity contribution in [2.75, 3.05) is 26.2 Å². The molecule has 3 heterocycles. The highest BCUT2D eigenvalue weighted by Gasteiger charge is 2.21. The van der Waals surface area contributed by atoms with Gasteiger partial charge < -0.3 is 14.6 Å². The number of pyridine rings is 1. The first kappa shape index (κ1) is 17.6. The summed E-state index contributed by atoms with van der Waals surface area (Å²) in [4.78, 5) is 18.6. The molecule has 0 spiro atoms. The molecule has 0 saturated carbocycles. The van der Waals surface area contributed by atoms with Gasteiger partial charge in [-0.1, -0.05) is 5.16 Å². The van der Waals surface area contributed by atoms with E-state index in [1.165, 1.54) is 0 Å². The molecule has 1 fully saturated rings. The first-order valence-corrected chi connectivity index (χ1v) is 8.65. The van der Waals surface area contributed by atoms with Crippen LogP contribution in [0.2, 0.25) is 0 Å². The normalized spacial score (nSPS) is 21.2. The number of amides is 1. The fourth-order valence-corrected chi connectivity index (χ4v) is 3.09. The molecule has 2 atom stereocenters. The third-order valence-corrected chi connectivity index (χ3v) is 4.12. The molecule has 1 aliphatic rings. The monoisotopic (exact) mass is 344 g/mol. The molecule has 1 amide bonds. The van der Waals surface area contributed by atoms with E-state index in [4.69, 9.17) is 9.26 Å². The predicted molar refractivity (Wildman–Crippen MR) is 93.1 cm³/mol. The van der Waals surface area contributed by atoms with E-state index in [1.807, 2.05) is 12.1 Å². The molecule has 3 rings (SSSR count). The molecule has 1 aliphatic heterocycles. The molecule has 1 N–H and O–H groups in total. The molecule has 7 nitrogen and oxygen atoms in total. The summed E-state index contributed by atoms with van der Waals surface area (Å²) in [7, 11) is 0. The zero-order valence-corrected chi connectivity index (χ0v) is 14.6. The van der Waals surface area contributed by atoms with Gasteiger partial charge in [-0.25, -0.2) is 0 Å². The highest BCUT2D eigenvalue weighted by atomic mass is 16.5. The van der Waals surface area contributed by atoms with E-state index in [-0.39, 0.29) is 23.8 Å². The van der Waals surface area contributed by atoms with Crippen molar-refractivity contribution in [1.29, 1.82) is 0 Å². The van der Waals surface area contributed by atoms with Gasteiger partial charge in [-0.2, -0.15) is 0 Å². The van der Waals surface area contributed by atoms with Gasteiger partial charge in [0.25, 0.3) is 5.91 Å². The summed E-state index contributed by atoms with van der Waals surface area (Å²) in [5.74, 6) is 0.317. The van der Waals surface area contributed by atoms with Gasteiger partial charge in [0.05, 0.1) is 12.2 Å². The number of morpholine rings is 1. The minimum atomic E-state index is -0.220. The van der Waals surface area contributed by atoms with Gasteiger partial charge in [0.1, 0.15) is 0 Å². The fourth-order valence-electron chi connectivity index (χ4n) is 3.09. The number of carbonyl (C=O) groups is 1. The Morgan fingerprint density at radius 2 is 2.16 bits per heavy atom. The largest absolute Gasteiger partial charge is 0.373 e. The van der Waals surface area contributed by atoms with E-state index < -0.39 is 0 Å². The maximum absolute atomic E-state index is 12.2. The van der Waals surface area contributed by atoms with Gasteiger partial charge in [0.2, 0.25) is 0 Å². The Morgan fingerprint density at radius 1 is 1.36 bits per heavy atom. The van der Waals surface area contributed by atoms with Gasteiger partial charge in [-0.15, -0.1) is 0 Å². The number of hydrogen-bond acceptors (Lipinski definition) is 6. The quantitative estimate of drug-likeness (QED) is 0.807. The van der Waals surface area contributed by atoms with Crippen LogP contribution in [0.5, 0.6) is 0 Å².